The number of nitrogen functional groups attached to an aromatic ring is 1. The number of rotatable bonds is 1. The number of aliphatic imine (C=N–C) groups is 1. The molecule has 0 spiro atoms. The van der Waals surface area contributed by atoms with Gasteiger partial charge in [0, 0.05) is 17.5 Å². The second-order valence-electron chi connectivity index (χ2n) is 3.74. The van der Waals surface area contributed by atoms with E-state index >= 15 is 0 Å². The minimum absolute atomic E-state index is 0.0786. The van der Waals surface area contributed by atoms with Crippen molar-refractivity contribution in [1.82, 2.24) is 5.32 Å². The molecule has 0 amide bonds. The van der Waals surface area contributed by atoms with Gasteiger partial charge in [-0.05, 0) is 18.2 Å². The molecule has 6 nitrogen and oxygen atoms in total. The van der Waals surface area contributed by atoms with Crippen molar-refractivity contribution in [3.8, 4) is 0 Å². The van der Waals surface area contributed by atoms with Crippen LogP contribution in [0.25, 0.3) is 0 Å². The summed E-state index contributed by atoms with van der Waals surface area (Å²) in [6, 6.07) is 3.85. The van der Waals surface area contributed by atoms with Gasteiger partial charge in [-0.1, -0.05) is 0 Å². The predicted octanol–water partition coefficient (Wildman–Crippen LogP) is -0.763. The Hall–Kier alpha value is -2.28. The Morgan fingerprint density at radius 2 is 1.94 bits per heavy atom. The van der Waals surface area contributed by atoms with Crippen LogP contribution in [-0.2, 0) is 5.79 Å². The fourth-order valence-electron chi connectivity index (χ4n) is 1.55. The van der Waals surface area contributed by atoms with Gasteiger partial charge in [0.2, 0.25) is 5.79 Å². The second-order valence-corrected chi connectivity index (χ2v) is 3.74. The zero-order valence-electron chi connectivity index (χ0n) is 8.94. The normalized spacial score (nSPS) is 23.6. The van der Waals surface area contributed by atoms with Crippen LogP contribution in [0.1, 0.15) is 5.56 Å². The van der Waals surface area contributed by atoms with Crippen molar-refractivity contribution in [2.75, 3.05) is 5.73 Å². The van der Waals surface area contributed by atoms with Crippen LogP contribution in [-0.4, -0.2) is 5.84 Å². The van der Waals surface area contributed by atoms with Gasteiger partial charge in [-0.15, -0.1) is 0 Å². The SMILES string of the molecule is NC1=CNC(N)(c2cc(F)ccc2N)N=C1N. The minimum atomic E-state index is -1.40. The van der Waals surface area contributed by atoms with Crippen LogP contribution in [0, 0.1) is 5.82 Å². The lowest BCUT2D eigenvalue weighted by atomic mass is 10.1. The monoisotopic (exact) mass is 236 g/mol. The lowest BCUT2D eigenvalue weighted by molar-refractivity contribution is 0.406. The Kier molecular flexibility index (Phi) is 2.40. The van der Waals surface area contributed by atoms with Gasteiger partial charge in [0.1, 0.15) is 11.7 Å². The number of nitrogens with two attached hydrogens (primary N) is 4. The standard InChI is InChI=1S/C10H13FN6/c11-5-1-2-7(12)6(3-5)10(15)16-4-8(13)9(14)17-10/h1-4,16H,12-13,15H2,(H2,14,17). The summed E-state index contributed by atoms with van der Waals surface area (Å²) in [5.74, 6) is -1.79. The molecule has 1 atom stereocenters. The predicted molar refractivity (Wildman–Crippen MR) is 63.7 cm³/mol. The molecule has 1 unspecified atom stereocenters. The molecule has 1 heterocycles. The molecule has 0 aromatic heterocycles. The number of anilines is 1. The molecule has 1 aliphatic heterocycles. The van der Waals surface area contributed by atoms with Crippen molar-refractivity contribution in [2.45, 2.75) is 5.79 Å². The third-order valence-electron chi connectivity index (χ3n) is 2.47. The number of nitrogens with one attached hydrogen (secondary N) is 1. The van der Waals surface area contributed by atoms with E-state index in [0.29, 0.717) is 11.3 Å². The zero-order chi connectivity index (χ0) is 12.6. The van der Waals surface area contributed by atoms with E-state index < -0.39 is 11.6 Å². The lowest BCUT2D eigenvalue weighted by Crippen LogP contribution is -2.51. The second kappa shape index (κ2) is 3.63. The van der Waals surface area contributed by atoms with Gasteiger partial charge in [-0.25, -0.2) is 9.38 Å². The van der Waals surface area contributed by atoms with E-state index in [4.69, 9.17) is 22.9 Å². The highest BCUT2D eigenvalue weighted by Gasteiger charge is 2.31. The van der Waals surface area contributed by atoms with E-state index in [9.17, 15) is 4.39 Å². The molecule has 0 bridgehead atoms. The van der Waals surface area contributed by atoms with Crippen molar-refractivity contribution < 1.29 is 4.39 Å². The lowest BCUT2D eigenvalue weighted by Gasteiger charge is -2.30. The van der Waals surface area contributed by atoms with Gasteiger partial charge in [0.05, 0.1) is 5.70 Å². The Bertz CT molecular complexity index is 524. The summed E-state index contributed by atoms with van der Waals surface area (Å²) >= 11 is 0. The Morgan fingerprint density at radius 1 is 1.24 bits per heavy atom. The van der Waals surface area contributed by atoms with E-state index in [1.54, 1.807) is 0 Å². The quantitative estimate of drug-likeness (QED) is 0.409. The number of halogens is 1. The molecule has 0 fully saturated rings. The molecule has 1 aromatic rings. The van der Waals surface area contributed by atoms with Gasteiger partial charge in [0.25, 0.3) is 0 Å². The topological polar surface area (TPSA) is 128 Å². The van der Waals surface area contributed by atoms with Crippen molar-refractivity contribution in [3.63, 3.8) is 0 Å². The summed E-state index contributed by atoms with van der Waals surface area (Å²) in [6.07, 6.45) is 1.41. The van der Waals surface area contributed by atoms with Crippen LogP contribution in [0.5, 0.6) is 0 Å². The molecular weight excluding hydrogens is 223 g/mol. The van der Waals surface area contributed by atoms with Gasteiger partial charge < -0.3 is 22.5 Å². The fraction of sp³-hybridized carbons (Fsp3) is 0.100. The van der Waals surface area contributed by atoms with Crippen LogP contribution in [0.3, 0.4) is 0 Å². The minimum Gasteiger partial charge on any atom is -0.398 e. The van der Waals surface area contributed by atoms with Crippen LogP contribution in [0.2, 0.25) is 0 Å². The average molecular weight is 236 g/mol. The van der Waals surface area contributed by atoms with Crippen molar-refractivity contribution in [2.24, 2.45) is 22.2 Å². The van der Waals surface area contributed by atoms with Gasteiger partial charge in [0.15, 0.2) is 0 Å². The first kappa shape index (κ1) is 11.2. The van der Waals surface area contributed by atoms with Crippen LogP contribution in [0.4, 0.5) is 10.1 Å². The van der Waals surface area contributed by atoms with E-state index in [1.807, 2.05) is 0 Å². The Morgan fingerprint density at radius 3 is 2.59 bits per heavy atom. The fourth-order valence-corrected chi connectivity index (χ4v) is 1.55. The summed E-state index contributed by atoms with van der Waals surface area (Å²) in [5.41, 5.74) is 23.7. The van der Waals surface area contributed by atoms with Crippen molar-refractivity contribution in [3.05, 3.63) is 41.5 Å². The summed E-state index contributed by atoms with van der Waals surface area (Å²) in [6.45, 7) is 0. The Balaban J connectivity index is 2.50. The largest absolute Gasteiger partial charge is 0.398 e. The molecule has 1 aliphatic rings. The van der Waals surface area contributed by atoms with Crippen LogP contribution < -0.4 is 28.3 Å². The molecule has 1 aromatic carbocycles. The number of hydrogen-bond acceptors (Lipinski definition) is 6. The molecule has 0 saturated heterocycles. The highest BCUT2D eigenvalue weighted by molar-refractivity contribution is 5.97. The van der Waals surface area contributed by atoms with Gasteiger partial charge in [-0.2, -0.15) is 0 Å². The highest BCUT2D eigenvalue weighted by Crippen LogP contribution is 2.26. The van der Waals surface area contributed by atoms with Crippen LogP contribution >= 0.6 is 0 Å². The van der Waals surface area contributed by atoms with E-state index in [2.05, 4.69) is 10.3 Å². The van der Waals surface area contributed by atoms with E-state index in [-0.39, 0.29) is 11.5 Å². The smallest absolute Gasteiger partial charge is 0.213 e. The zero-order valence-corrected chi connectivity index (χ0v) is 8.94. The first-order chi connectivity index (χ1) is 7.92. The molecule has 17 heavy (non-hydrogen) atoms. The first-order valence-electron chi connectivity index (χ1n) is 4.86. The molecule has 0 saturated carbocycles. The third kappa shape index (κ3) is 1.87. The number of hydrogen-bond donors (Lipinski definition) is 5. The number of nitrogens with zero attached hydrogens (tertiary/aromatic N) is 1. The van der Waals surface area contributed by atoms with Gasteiger partial charge >= 0.3 is 0 Å². The van der Waals surface area contributed by atoms with E-state index in [1.165, 1.54) is 24.4 Å². The molecule has 9 N–H and O–H groups in total. The molecule has 90 valence electrons. The summed E-state index contributed by atoms with van der Waals surface area (Å²) < 4.78 is 13.2. The average Bonchev–Trinajstić information content (AvgIpc) is 2.27. The molecular formula is C10H13FN6. The Labute approximate surface area is 97.2 Å². The summed E-state index contributed by atoms with van der Waals surface area (Å²) in [7, 11) is 0. The maximum absolute atomic E-state index is 13.2. The highest BCUT2D eigenvalue weighted by atomic mass is 19.1. The van der Waals surface area contributed by atoms with Crippen LogP contribution in [0.15, 0.2) is 35.1 Å². The van der Waals surface area contributed by atoms with Crippen molar-refractivity contribution in [1.29, 1.82) is 0 Å². The van der Waals surface area contributed by atoms with E-state index in [0.717, 1.165) is 0 Å². The third-order valence-corrected chi connectivity index (χ3v) is 2.47. The van der Waals surface area contributed by atoms with Gasteiger partial charge in [-0.3, -0.25) is 5.73 Å². The molecule has 0 radical (unpaired) electrons. The molecule has 7 heteroatoms. The number of amidine groups is 1. The first-order valence-corrected chi connectivity index (χ1v) is 4.86. The van der Waals surface area contributed by atoms with Crippen molar-refractivity contribution >= 4 is 11.5 Å². The maximum atomic E-state index is 13.2. The molecule has 2 rings (SSSR count). The molecule has 0 aliphatic carbocycles. The summed E-state index contributed by atoms with van der Waals surface area (Å²) in [4.78, 5) is 3.99. The maximum Gasteiger partial charge on any atom is 0.213 e. The summed E-state index contributed by atoms with van der Waals surface area (Å²) in [5, 5.41) is 2.74. The number of benzene rings is 1.